The number of carbonyl (C=O) groups is 3. The lowest BCUT2D eigenvalue weighted by Crippen LogP contribution is -2.55. The maximum absolute atomic E-state index is 14.7. The number of thioether (sulfide) groups is 1. The Bertz CT molecular complexity index is 1340. The van der Waals surface area contributed by atoms with Gasteiger partial charge in [-0.15, -0.1) is 24.9 Å². The second kappa shape index (κ2) is 13.4. The molecule has 1 spiro atoms. The third-order valence-corrected chi connectivity index (χ3v) is 10.9. The van der Waals surface area contributed by atoms with Crippen molar-refractivity contribution in [2.75, 3.05) is 43.2 Å². The largest absolute Gasteiger partial charge is 0.497 e. The van der Waals surface area contributed by atoms with E-state index in [0.717, 1.165) is 18.5 Å². The first-order valence-corrected chi connectivity index (χ1v) is 15.9. The maximum Gasteiger partial charge on any atom is 0.251 e. The number of carbonyl (C=O) groups excluding carboxylic acids is 3. The molecule has 3 heterocycles. The molecular weight excluding hydrogens is 562 g/mol. The zero-order valence-electron chi connectivity index (χ0n) is 24.8. The van der Waals surface area contributed by atoms with Gasteiger partial charge in [0.2, 0.25) is 11.8 Å². The van der Waals surface area contributed by atoms with Gasteiger partial charge in [0.1, 0.15) is 11.8 Å². The molecule has 5 atom stereocenters. The molecule has 0 aromatic heterocycles. The van der Waals surface area contributed by atoms with E-state index in [9.17, 15) is 19.5 Å². The van der Waals surface area contributed by atoms with E-state index in [-0.39, 0.29) is 36.1 Å². The van der Waals surface area contributed by atoms with Crippen LogP contribution < -0.4 is 14.5 Å². The van der Waals surface area contributed by atoms with Crippen LogP contribution >= 0.6 is 11.8 Å². The predicted molar refractivity (Wildman–Crippen MR) is 171 cm³/mol. The zero-order chi connectivity index (χ0) is 30.6. The van der Waals surface area contributed by atoms with E-state index < -0.39 is 22.6 Å². The number of nitrogens with zero attached hydrogens (tertiary/aromatic N) is 3. The topological polar surface area (TPSA) is 90.4 Å². The summed E-state index contributed by atoms with van der Waals surface area (Å²) in [7, 11) is 1.60. The van der Waals surface area contributed by atoms with Gasteiger partial charge < -0.3 is 24.5 Å². The fourth-order valence-corrected chi connectivity index (χ4v) is 9.33. The number of hydrogen-bond donors (Lipinski definition) is 1. The lowest BCUT2D eigenvalue weighted by molar-refractivity contribution is -0.139. The lowest BCUT2D eigenvalue weighted by Gasteiger charge is -2.37. The van der Waals surface area contributed by atoms with Crippen molar-refractivity contribution in [3.05, 3.63) is 79.9 Å². The van der Waals surface area contributed by atoms with Gasteiger partial charge in [0.15, 0.2) is 0 Å². The number of likely N-dealkylation sites (tertiary alicyclic amines) is 1. The molecule has 0 saturated carbocycles. The molecule has 0 radical (unpaired) electrons. The number of aliphatic hydroxyl groups is 1. The van der Waals surface area contributed by atoms with Crippen molar-refractivity contribution >= 4 is 40.9 Å². The Morgan fingerprint density at radius 2 is 1.65 bits per heavy atom. The maximum atomic E-state index is 14.7. The SMILES string of the molecule is C=CCN(C(=O)C1N(CCCCCO)C(=O)[C@@H]2[C@@H](C(=O)N(CC=C)c3ccccc3)[C@H]3CCC12S3)c1ccc(OC)cc1. The van der Waals surface area contributed by atoms with Gasteiger partial charge in [-0.3, -0.25) is 14.4 Å². The Morgan fingerprint density at radius 1 is 1.00 bits per heavy atom. The van der Waals surface area contributed by atoms with E-state index in [1.54, 1.807) is 45.7 Å². The van der Waals surface area contributed by atoms with Crippen molar-refractivity contribution in [1.82, 2.24) is 4.90 Å². The second-order valence-electron chi connectivity index (χ2n) is 11.4. The minimum absolute atomic E-state index is 0.0434. The predicted octanol–water partition coefficient (Wildman–Crippen LogP) is 4.69. The van der Waals surface area contributed by atoms with Crippen LogP contribution in [0.4, 0.5) is 11.4 Å². The number of benzene rings is 2. The number of rotatable bonds is 14. The van der Waals surface area contributed by atoms with E-state index in [4.69, 9.17) is 4.74 Å². The molecule has 0 aliphatic carbocycles. The van der Waals surface area contributed by atoms with Crippen LogP contribution in [0.2, 0.25) is 0 Å². The summed E-state index contributed by atoms with van der Waals surface area (Å²) in [5, 5.41) is 9.29. The van der Waals surface area contributed by atoms with Crippen LogP contribution in [0, 0.1) is 11.8 Å². The third-order valence-electron chi connectivity index (χ3n) is 8.98. The Hall–Kier alpha value is -3.56. The van der Waals surface area contributed by atoms with Crippen molar-refractivity contribution in [3.63, 3.8) is 0 Å². The van der Waals surface area contributed by atoms with Gasteiger partial charge >= 0.3 is 0 Å². The van der Waals surface area contributed by atoms with Crippen LogP contribution in [-0.4, -0.2) is 77.1 Å². The van der Waals surface area contributed by atoms with E-state index in [1.807, 2.05) is 54.6 Å². The summed E-state index contributed by atoms with van der Waals surface area (Å²) >= 11 is 1.67. The minimum atomic E-state index is -0.710. The van der Waals surface area contributed by atoms with Crippen molar-refractivity contribution in [2.24, 2.45) is 11.8 Å². The Labute approximate surface area is 258 Å². The number of hydrogen-bond acceptors (Lipinski definition) is 6. The molecule has 3 fully saturated rings. The summed E-state index contributed by atoms with van der Waals surface area (Å²) in [5.41, 5.74) is 1.47. The molecule has 8 nitrogen and oxygen atoms in total. The first-order chi connectivity index (χ1) is 20.9. The van der Waals surface area contributed by atoms with Crippen LogP contribution in [0.25, 0.3) is 0 Å². The molecule has 2 aromatic carbocycles. The highest BCUT2D eigenvalue weighted by Gasteiger charge is 2.74. The molecule has 2 aromatic rings. The summed E-state index contributed by atoms with van der Waals surface area (Å²) in [6.07, 6.45) is 6.92. The summed E-state index contributed by atoms with van der Waals surface area (Å²) in [4.78, 5) is 48.7. The molecule has 2 unspecified atom stereocenters. The Kier molecular flexibility index (Phi) is 9.62. The van der Waals surface area contributed by atoms with Gasteiger partial charge in [-0.1, -0.05) is 30.4 Å². The highest BCUT2D eigenvalue weighted by Crippen LogP contribution is 2.66. The molecule has 3 aliphatic rings. The molecule has 3 amide bonds. The number of anilines is 2. The lowest BCUT2D eigenvalue weighted by atomic mass is 9.70. The number of ether oxygens (including phenoxy) is 1. The van der Waals surface area contributed by atoms with Gasteiger partial charge in [-0.05, 0) is 68.5 Å². The first kappa shape index (κ1) is 30.9. The van der Waals surface area contributed by atoms with Gasteiger partial charge in [0.25, 0.3) is 5.91 Å². The number of fused-ring (bicyclic) bond motifs is 1. The van der Waals surface area contributed by atoms with E-state index in [1.165, 1.54) is 0 Å². The number of methoxy groups -OCH3 is 1. The molecular formula is C34H41N3O5S. The monoisotopic (exact) mass is 603 g/mol. The molecule has 5 rings (SSSR count). The summed E-state index contributed by atoms with van der Waals surface area (Å²) in [6, 6.07) is 16.1. The second-order valence-corrected chi connectivity index (χ2v) is 13.0. The van der Waals surface area contributed by atoms with Crippen molar-refractivity contribution in [2.45, 2.75) is 48.1 Å². The number of amides is 3. The molecule has 2 bridgehead atoms. The van der Waals surface area contributed by atoms with E-state index in [2.05, 4.69) is 13.2 Å². The van der Waals surface area contributed by atoms with Crippen LogP contribution in [0.1, 0.15) is 32.1 Å². The Morgan fingerprint density at radius 3 is 2.28 bits per heavy atom. The first-order valence-electron chi connectivity index (χ1n) is 15.0. The third kappa shape index (κ3) is 5.60. The van der Waals surface area contributed by atoms with Crippen LogP contribution in [-0.2, 0) is 14.4 Å². The summed E-state index contributed by atoms with van der Waals surface area (Å²) < 4.78 is 4.63. The van der Waals surface area contributed by atoms with Gasteiger partial charge in [-0.2, -0.15) is 0 Å². The molecule has 1 N–H and O–H groups in total. The average molecular weight is 604 g/mol. The highest BCUT2D eigenvalue weighted by molar-refractivity contribution is 8.02. The molecule has 9 heteroatoms. The van der Waals surface area contributed by atoms with Crippen LogP contribution in [0.3, 0.4) is 0 Å². The average Bonchev–Trinajstić information content (AvgIpc) is 3.68. The zero-order valence-corrected chi connectivity index (χ0v) is 25.6. The van der Waals surface area contributed by atoms with Gasteiger partial charge in [0.05, 0.1) is 23.7 Å². The fraction of sp³-hybridized carbons (Fsp3) is 0.441. The van der Waals surface area contributed by atoms with Crippen molar-refractivity contribution in [3.8, 4) is 5.75 Å². The standard InChI is InChI=1S/C34H41N3O5S/c1-4-20-35(24-12-8-6-9-13-24)31(39)28-27-18-19-34(43-27)29(28)32(40)37(22-10-7-11-23-38)30(34)33(41)36(21-5-2)25-14-16-26(42-3)17-15-25/h4-6,8-9,12-17,27-30,38H,1-2,7,10-11,18-23H2,3H3/t27-,28+,29+,30?,34?/m1/s1. The number of aliphatic hydroxyl groups excluding tert-OH is 1. The molecule has 43 heavy (non-hydrogen) atoms. The normalized spacial score (nSPS) is 25.3. The van der Waals surface area contributed by atoms with Crippen molar-refractivity contribution < 1.29 is 24.2 Å². The number of unbranched alkanes of at least 4 members (excludes halogenated alkanes) is 2. The summed E-state index contributed by atoms with van der Waals surface area (Å²) in [5.74, 6) is -0.796. The smallest absolute Gasteiger partial charge is 0.251 e. The molecule has 3 aliphatic heterocycles. The van der Waals surface area contributed by atoms with Crippen LogP contribution in [0.15, 0.2) is 79.9 Å². The highest BCUT2D eigenvalue weighted by atomic mass is 32.2. The molecule has 3 saturated heterocycles. The van der Waals surface area contributed by atoms with Crippen LogP contribution in [0.5, 0.6) is 5.75 Å². The fourth-order valence-electron chi connectivity index (χ4n) is 7.13. The number of para-hydroxylation sites is 1. The van der Waals surface area contributed by atoms with E-state index >= 15 is 0 Å². The quantitative estimate of drug-likeness (QED) is 0.249. The van der Waals surface area contributed by atoms with E-state index in [0.29, 0.717) is 43.8 Å². The Balaban J connectivity index is 1.53. The van der Waals surface area contributed by atoms with Crippen molar-refractivity contribution in [1.29, 1.82) is 0 Å². The van der Waals surface area contributed by atoms with Gasteiger partial charge in [0, 0.05) is 42.9 Å². The molecule has 228 valence electrons. The minimum Gasteiger partial charge on any atom is -0.497 e. The summed E-state index contributed by atoms with van der Waals surface area (Å²) in [6.45, 7) is 8.88. The van der Waals surface area contributed by atoms with Gasteiger partial charge in [-0.25, -0.2) is 0 Å².